The Morgan fingerprint density at radius 1 is 1.41 bits per heavy atom. The van der Waals surface area contributed by atoms with E-state index in [4.69, 9.17) is 10.5 Å². The zero-order valence-electron chi connectivity index (χ0n) is 9.43. The molecular formula is C10H15N3O3S. The van der Waals surface area contributed by atoms with Crippen LogP contribution in [0.2, 0.25) is 0 Å². The molecule has 1 aromatic carbocycles. The van der Waals surface area contributed by atoms with Crippen molar-refractivity contribution in [2.24, 2.45) is 0 Å². The van der Waals surface area contributed by atoms with Gasteiger partial charge in [0.05, 0.1) is 18.5 Å². The summed E-state index contributed by atoms with van der Waals surface area (Å²) in [6.07, 6.45) is 1.77. The number of anilines is 2. The lowest BCUT2D eigenvalue weighted by molar-refractivity contribution is 0.415. The van der Waals surface area contributed by atoms with Crippen molar-refractivity contribution < 1.29 is 13.2 Å². The van der Waals surface area contributed by atoms with Gasteiger partial charge in [0, 0.05) is 12.1 Å². The first-order valence-electron chi connectivity index (χ1n) is 5.24. The number of rotatable bonds is 5. The van der Waals surface area contributed by atoms with Gasteiger partial charge in [-0.1, -0.05) is 0 Å². The van der Waals surface area contributed by atoms with E-state index in [1.807, 2.05) is 0 Å². The zero-order chi connectivity index (χ0) is 12.5. The van der Waals surface area contributed by atoms with E-state index in [-0.39, 0.29) is 6.04 Å². The molecule has 1 fully saturated rings. The third-order valence-electron chi connectivity index (χ3n) is 2.40. The molecule has 1 aliphatic rings. The SMILES string of the molecule is COc1ccc(N)c(NS(=O)(=O)NC2CC2)c1. The van der Waals surface area contributed by atoms with Crippen LogP contribution >= 0.6 is 0 Å². The molecule has 0 radical (unpaired) electrons. The van der Waals surface area contributed by atoms with Crippen molar-refractivity contribution in [3.63, 3.8) is 0 Å². The molecular weight excluding hydrogens is 242 g/mol. The van der Waals surface area contributed by atoms with Gasteiger partial charge in [-0.25, -0.2) is 0 Å². The summed E-state index contributed by atoms with van der Waals surface area (Å²) < 4.78 is 33.3. The van der Waals surface area contributed by atoms with Crippen molar-refractivity contribution in [3.8, 4) is 5.75 Å². The van der Waals surface area contributed by atoms with Crippen molar-refractivity contribution in [1.29, 1.82) is 0 Å². The molecule has 0 unspecified atom stereocenters. The summed E-state index contributed by atoms with van der Waals surface area (Å²) in [5, 5.41) is 0. The number of methoxy groups -OCH3 is 1. The molecule has 0 atom stereocenters. The van der Waals surface area contributed by atoms with Crippen molar-refractivity contribution in [3.05, 3.63) is 18.2 Å². The van der Waals surface area contributed by atoms with E-state index in [1.165, 1.54) is 7.11 Å². The van der Waals surface area contributed by atoms with Gasteiger partial charge >= 0.3 is 0 Å². The van der Waals surface area contributed by atoms with Gasteiger partial charge in [0.1, 0.15) is 5.75 Å². The van der Waals surface area contributed by atoms with Crippen LogP contribution in [0.1, 0.15) is 12.8 Å². The molecule has 2 rings (SSSR count). The second-order valence-electron chi connectivity index (χ2n) is 3.95. The number of hydrogen-bond acceptors (Lipinski definition) is 4. The molecule has 0 saturated heterocycles. The number of hydrogen-bond donors (Lipinski definition) is 3. The summed E-state index contributed by atoms with van der Waals surface area (Å²) in [5.41, 5.74) is 6.36. The number of benzene rings is 1. The van der Waals surface area contributed by atoms with Gasteiger partial charge in [-0.15, -0.1) is 0 Å². The van der Waals surface area contributed by atoms with E-state index in [2.05, 4.69) is 9.44 Å². The van der Waals surface area contributed by atoms with Crippen molar-refractivity contribution in [2.45, 2.75) is 18.9 Å². The maximum atomic E-state index is 11.7. The van der Waals surface area contributed by atoms with Crippen molar-refractivity contribution >= 4 is 21.6 Å². The molecule has 1 saturated carbocycles. The quantitative estimate of drug-likeness (QED) is 0.676. The molecule has 0 bridgehead atoms. The maximum absolute atomic E-state index is 11.7. The summed E-state index contributed by atoms with van der Waals surface area (Å²) in [7, 11) is -2.05. The predicted molar refractivity (Wildman–Crippen MR) is 66.1 cm³/mol. The number of nitrogens with two attached hydrogens (primary N) is 1. The van der Waals surface area contributed by atoms with Gasteiger partial charge in [-0.2, -0.15) is 13.1 Å². The molecule has 17 heavy (non-hydrogen) atoms. The van der Waals surface area contributed by atoms with Gasteiger partial charge in [0.25, 0.3) is 10.2 Å². The Kier molecular flexibility index (Phi) is 3.12. The third-order valence-corrected chi connectivity index (χ3v) is 3.54. The molecule has 6 nitrogen and oxygen atoms in total. The minimum atomic E-state index is -3.55. The van der Waals surface area contributed by atoms with E-state index in [0.29, 0.717) is 17.1 Å². The smallest absolute Gasteiger partial charge is 0.299 e. The minimum Gasteiger partial charge on any atom is -0.497 e. The number of nitrogen functional groups attached to an aromatic ring is 1. The highest BCUT2D eigenvalue weighted by molar-refractivity contribution is 7.90. The van der Waals surface area contributed by atoms with E-state index in [0.717, 1.165) is 12.8 Å². The van der Waals surface area contributed by atoms with E-state index >= 15 is 0 Å². The highest BCUT2D eigenvalue weighted by Gasteiger charge is 2.27. The average Bonchev–Trinajstić information content (AvgIpc) is 3.04. The van der Waals surface area contributed by atoms with E-state index < -0.39 is 10.2 Å². The second-order valence-corrected chi connectivity index (χ2v) is 5.40. The molecule has 0 spiro atoms. The standard InChI is InChI=1S/C10H15N3O3S/c1-16-8-4-5-9(11)10(6-8)13-17(14,15)12-7-2-3-7/h4-7,12-13H,2-3,11H2,1H3. The highest BCUT2D eigenvalue weighted by Crippen LogP contribution is 2.26. The first-order valence-corrected chi connectivity index (χ1v) is 6.72. The maximum Gasteiger partial charge on any atom is 0.299 e. The largest absolute Gasteiger partial charge is 0.497 e. The second kappa shape index (κ2) is 4.42. The Hall–Kier alpha value is -1.47. The lowest BCUT2D eigenvalue weighted by Crippen LogP contribution is -2.32. The first-order chi connectivity index (χ1) is 8.00. The van der Waals surface area contributed by atoms with Gasteiger partial charge in [0.15, 0.2) is 0 Å². The van der Waals surface area contributed by atoms with E-state index in [9.17, 15) is 8.42 Å². The van der Waals surface area contributed by atoms with Crippen LogP contribution in [0.4, 0.5) is 11.4 Å². The molecule has 1 aliphatic carbocycles. The lowest BCUT2D eigenvalue weighted by Gasteiger charge is -2.11. The fourth-order valence-electron chi connectivity index (χ4n) is 1.35. The minimum absolute atomic E-state index is 0.0549. The fourth-order valence-corrected chi connectivity index (χ4v) is 2.55. The Morgan fingerprint density at radius 2 is 2.12 bits per heavy atom. The van der Waals surface area contributed by atoms with Gasteiger partial charge in [-0.3, -0.25) is 4.72 Å². The monoisotopic (exact) mass is 257 g/mol. The Morgan fingerprint density at radius 3 is 2.71 bits per heavy atom. The van der Waals surface area contributed by atoms with E-state index in [1.54, 1.807) is 18.2 Å². The molecule has 0 amide bonds. The Balaban J connectivity index is 2.16. The molecule has 4 N–H and O–H groups in total. The van der Waals surface area contributed by atoms with Crippen LogP contribution in [0.5, 0.6) is 5.75 Å². The molecule has 94 valence electrons. The van der Waals surface area contributed by atoms with Gasteiger partial charge in [-0.05, 0) is 25.0 Å². The number of nitrogens with one attached hydrogen (secondary N) is 2. The number of ether oxygens (including phenoxy) is 1. The van der Waals surface area contributed by atoms with Crippen LogP contribution in [-0.4, -0.2) is 21.6 Å². The first kappa shape index (κ1) is 12.0. The third kappa shape index (κ3) is 3.24. The highest BCUT2D eigenvalue weighted by atomic mass is 32.2. The summed E-state index contributed by atoms with van der Waals surface area (Å²) in [4.78, 5) is 0. The average molecular weight is 257 g/mol. The topological polar surface area (TPSA) is 93.4 Å². The van der Waals surface area contributed by atoms with Crippen molar-refractivity contribution in [1.82, 2.24) is 4.72 Å². The molecule has 0 aromatic heterocycles. The lowest BCUT2D eigenvalue weighted by atomic mass is 10.2. The van der Waals surface area contributed by atoms with Crippen LogP contribution in [0.3, 0.4) is 0 Å². The summed E-state index contributed by atoms with van der Waals surface area (Å²) in [6.45, 7) is 0. The van der Waals surface area contributed by atoms with Gasteiger partial charge < -0.3 is 10.5 Å². The fraction of sp³-hybridized carbons (Fsp3) is 0.400. The van der Waals surface area contributed by atoms with Crippen LogP contribution < -0.4 is 19.9 Å². The molecule has 1 aromatic rings. The zero-order valence-corrected chi connectivity index (χ0v) is 10.3. The normalized spacial score (nSPS) is 15.6. The van der Waals surface area contributed by atoms with Crippen LogP contribution in [-0.2, 0) is 10.2 Å². The molecule has 7 heteroatoms. The van der Waals surface area contributed by atoms with Crippen LogP contribution in [0.15, 0.2) is 18.2 Å². The molecule has 0 heterocycles. The summed E-state index contributed by atoms with van der Waals surface area (Å²) >= 11 is 0. The van der Waals surface area contributed by atoms with Crippen LogP contribution in [0.25, 0.3) is 0 Å². The van der Waals surface area contributed by atoms with Gasteiger partial charge in [0.2, 0.25) is 0 Å². The predicted octanol–water partition coefficient (Wildman–Crippen LogP) is 0.686. The Labute approximate surface area is 100 Å². The summed E-state index contributed by atoms with van der Waals surface area (Å²) in [6, 6.07) is 4.86. The van der Waals surface area contributed by atoms with Crippen LogP contribution in [0, 0.1) is 0 Å². The molecule has 0 aliphatic heterocycles. The Bertz CT molecular complexity index is 512. The summed E-state index contributed by atoms with van der Waals surface area (Å²) in [5.74, 6) is 0.545. The van der Waals surface area contributed by atoms with Crippen molar-refractivity contribution in [2.75, 3.05) is 17.6 Å².